The van der Waals surface area contributed by atoms with E-state index in [1.807, 2.05) is 20.8 Å². The summed E-state index contributed by atoms with van der Waals surface area (Å²) in [7, 11) is 0. The zero-order chi connectivity index (χ0) is 15.1. The van der Waals surface area contributed by atoms with Crippen molar-refractivity contribution in [1.82, 2.24) is 0 Å². The molecular formula is C15H30N2O2. The van der Waals surface area contributed by atoms with Crippen LogP contribution in [0.1, 0.15) is 66.2 Å². The van der Waals surface area contributed by atoms with Crippen LogP contribution in [0.4, 0.5) is 0 Å². The highest BCUT2D eigenvalue weighted by Gasteiger charge is 2.46. The van der Waals surface area contributed by atoms with Crippen molar-refractivity contribution in [2.24, 2.45) is 28.7 Å². The molecule has 0 aliphatic carbocycles. The largest absolute Gasteiger partial charge is 0.369 e. The van der Waals surface area contributed by atoms with Gasteiger partial charge in [-0.2, -0.15) is 0 Å². The molecule has 2 atom stereocenters. The lowest BCUT2D eigenvalue weighted by molar-refractivity contribution is -0.141. The molecule has 4 heteroatoms. The predicted molar refractivity (Wildman–Crippen MR) is 78.2 cm³/mol. The Morgan fingerprint density at radius 3 is 2.00 bits per heavy atom. The van der Waals surface area contributed by atoms with Gasteiger partial charge in [-0.25, -0.2) is 0 Å². The van der Waals surface area contributed by atoms with Crippen LogP contribution in [0, 0.1) is 17.3 Å². The zero-order valence-corrected chi connectivity index (χ0v) is 12.9. The number of rotatable bonds is 10. The van der Waals surface area contributed by atoms with Gasteiger partial charge in [0, 0.05) is 0 Å². The van der Waals surface area contributed by atoms with Crippen LogP contribution in [-0.2, 0) is 9.59 Å². The number of hydrogen-bond donors (Lipinski definition) is 2. The summed E-state index contributed by atoms with van der Waals surface area (Å²) in [6, 6.07) is 0. The lowest BCUT2D eigenvalue weighted by Gasteiger charge is -2.38. The molecule has 0 saturated heterocycles. The third-order valence-corrected chi connectivity index (χ3v) is 3.83. The third-order valence-electron chi connectivity index (χ3n) is 3.83. The minimum atomic E-state index is -0.772. The molecule has 2 unspecified atom stereocenters. The Labute approximate surface area is 117 Å². The number of hydrogen-bond acceptors (Lipinski definition) is 2. The third kappa shape index (κ3) is 4.84. The van der Waals surface area contributed by atoms with Crippen LogP contribution in [-0.4, -0.2) is 11.8 Å². The maximum Gasteiger partial charge on any atom is 0.224 e. The molecule has 0 saturated carbocycles. The molecule has 0 spiro atoms. The molecule has 0 radical (unpaired) electrons. The van der Waals surface area contributed by atoms with Crippen molar-refractivity contribution in [3.8, 4) is 0 Å². The number of unbranched alkanes of at least 4 members (excludes halogenated alkanes) is 1. The maximum absolute atomic E-state index is 12.1. The van der Waals surface area contributed by atoms with Gasteiger partial charge in [0.05, 0.1) is 11.3 Å². The van der Waals surface area contributed by atoms with Crippen molar-refractivity contribution in [2.75, 3.05) is 0 Å². The van der Waals surface area contributed by atoms with Crippen molar-refractivity contribution in [3.63, 3.8) is 0 Å². The minimum Gasteiger partial charge on any atom is -0.369 e. The monoisotopic (exact) mass is 270 g/mol. The van der Waals surface area contributed by atoms with E-state index in [4.69, 9.17) is 11.5 Å². The summed E-state index contributed by atoms with van der Waals surface area (Å²) in [4.78, 5) is 23.9. The molecule has 0 fully saturated rings. The Balaban J connectivity index is 5.48. The molecule has 19 heavy (non-hydrogen) atoms. The summed E-state index contributed by atoms with van der Waals surface area (Å²) < 4.78 is 0. The molecule has 0 bridgehead atoms. The zero-order valence-electron chi connectivity index (χ0n) is 12.9. The highest BCUT2D eigenvalue weighted by molar-refractivity contribution is 5.89. The van der Waals surface area contributed by atoms with E-state index in [-0.39, 0.29) is 5.91 Å². The summed E-state index contributed by atoms with van der Waals surface area (Å²) in [6.45, 7) is 8.17. The Hall–Kier alpha value is -1.06. The number of amides is 2. The standard InChI is InChI=1S/C15H30N2O2/c1-5-7-9-15(14(17)19,10-11(3)4)12(8-6-2)13(16)18/h11-12H,5-10H2,1-4H3,(H2,16,18)(H2,17,19). The molecule has 0 aromatic heterocycles. The van der Waals surface area contributed by atoms with Crippen LogP contribution in [0.15, 0.2) is 0 Å². The quantitative estimate of drug-likeness (QED) is 0.639. The molecule has 112 valence electrons. The fourth-order valence-corrected chi connectivity index (χ4v) is 3.01. The first-order valence-corrected chi connectivity index (χ1v) is 7.41. The first-order chi connectivity index (χ1) is 8.81. The van der Waals surface area contributed by atoms with Gasteiger partial charge in [-0.15, -0.1) is 0 Å². The summed E-state index contributed by atoms with van der Waals surface area (Å²) in [5.74, 6) is -0.892. The van der Waals surface area contributed by atoms with Crippen LogP contribution in [0.2, 0.25) is 0 Å². The Bertz CT molecular complexity index is 303. The van der Waals surface area contributed by atoms with Crippen molar-refractivity contribution in [1.29, 1.82) is 0 Å². The number of nitrogens with two attached hydrogens (primary N) is 2. The maximum atomic E-state index is 12.1. The van der Waals surface area contributed by atoms with E-state index in [9.17, 15) is 9.59 Å². The van der Waals surface area contributed by atoms with Gasteiger partial charge < -0.3 is 11.5 Å². The van der Waals surface area contributed by atoms with E-state index in [0.29, 0.717) is 25.2 Å². The second-order valence-electron chi connectivity index (χ2n) is 5.97. The van der Waals surface area contributed by atoms with Crippen LogP contribution in [0.3, 0.4) is 0 Å². The van der Waals surface area contributed by atoms with Gasteiger partial charge in [0.25, 0.3) is 0 Å². The average molecular weight is 270 g/mol. The lowest BCUT2D eigenvalue weighted by Crippen LogP contribution is -2.49. The van der Waals surface area contributed by atoms with Crippen LogP contribution >= 0.6 is 0 Å². The Morgan fingerprint density at radius 1 is 1.11 bits per heavy atom. The SMILES string of the molecule is CCCCC(CC(C)C)(C(N)=O)C(CCC)C(N)=O. The number of primary amides is 2. The number of carbonyl (C=O) groups excluding carboxylic acids is 2. The molecule has 0 aromatic rings. The van der Waals surface area contributed by atoms with E-state index < -0.39 is 17.2 Å². The van der Waals surface area contributed by atoms with Gasteiger partial charge in [-0.05, 0) is 25.2 Å². The summed E-state index contributed by atoms with van der Waals surface area (Å²) >= 11 is 0. The van der Waals surface area contributed by atoms with Gasteiger partial charge in [-0.3, -0.25) is 9.59 Å². The first-order valence-electron chi connectivity index (χ1n) is 7.41. The van der Waals surface area contributed by atoms with E-state index in [0.717, 1.165) is 19.3 Å². The molecule has 0 rings (SSSR count). The average Bonchev–Trinajstić information content (AvgIpc) is 2.30. The molecule has 0 aromatic carbocycles. The van der Waals surface area contributed by atoms with Crippen molar-refractivity contribution < 1.29 is 9.59 Å². The van der Waals surface area contributed by atoms with Gasteiger partial charge in [-0.1, -0.05) is 47.0 Å². The fourth-order valence-electron chi connectivity index (χ4n) is 3.01. The van der Waals surface area contributed by atoms with Crippen molar-refractivity contribution in [2.45, 2.75) is 66.2 Å². The molecule has 0 heterocycles. The van der Waals surface area contributed by atoms with Crippen LogP contribution in [0.5, 0.6) is 0 Å². The lowest BCUT2D eigenvalue weighted by atomic mass is 9.65. The highest BCUT2D eigenvalue weighted by Crippen LogP contribution is 2.41. The molecule has 0 aliphatic rings. The second-order valence-corrected chi connectivity index (χ2v) is 5.97. The van der Waals surface area contributed by atoms with Crippen molar-refractivity contribution in [3.05, 3.63) is 0 Å². The normalized spacial score (nSPS) is 16.1. The smallest absolute Gasteiger partial charge is 0.224 e. The van der Waals surface area contributed by atoms with Crippen molar-refractivity contribution >= 4 is 11.8 Å². The highest BCUT2D eigenvalue weighted by atomic mass is 16.2. The van der Waals surface area contributed by atoms with Gasteiger partial charge >= 0.3 is 0 Å². The topological polar surface area (TPSA) is 86.2 Å². The van der Waals surface area contributed by atoms with E-state index in [1.54, 1.807) is 0 Å². The summed E-state index contributed by atoms with van der Waals surface area (Å²) in [5.41, 5.74) is 10.5. The Morgan fingerprint density at radius 2 is 1.68 bits per heavy atom. The molecular weight excluding hydrogens is 240 g/mol. The van der Waals surface area contributed by atoms with E-state index in [2.05, 4.69) is 6.92 Å². The van der Waals surface area contributed by atoms with E-state index in [1.165, 1.54) is 0 Å². The predicted octanol–water partition coefficient (Wildman–Crippen LogP) is 2.60. The number of carbonyl (C=O) groups is 2. The summed E-state index contributed by atoms with van der Waals surface area (Å²) in [6.07, 6.45) is 4.62. The first kappa shape index (κ1) is 17.9. The molecule has 0 aliphatic heterocycles. The van der Waals surface area contributed by atoms with E-state index >= 15 is 0 Å². The fraction of sp³-hybridized carbons (Fsp3) is 0.867. The van der Waals surface area contributed by atoms with Crippen LogP contribution < -0.4 is 11.5 Å². The second kappa shape index (κ2) is 8.18. The van der Waals surface area contributed by atoms with Gasteiger partial charge in [0.2, 0.25) is 11.8 Å². The van der Waals surface area contributed by atoms with Gasteiger partial charge in [0.15, 0.2) is 0 Å². The Kier molecular flexibility index (Phi) is 7.72. The molecule has 2 amide bonds. The molecule has 4 nitrogen and oxygen atoms in total. The summed E-state index contributed by atoms with van der Waals surface area (Å²) in [5, 5.41) is 0. The minimum absolute atomic E-state index is 0.308. The molecule has 4 N–H and O–H groups in total. The van der Waals surface area contributed by atoms with Gasteiger partial charge in [0.1, 0.15) is 0 Å². The van der Waals surface area contributed by atoms with Crippen LogP contribution in [0.25, 0.3) is 0 Å².